The highest BCUT2D eigenvalue weighted by molar-refractivity contribution is 5.73. The van der Waals surface area contributed by atoms with Gasteiger partial charge in [0, 0.05) is 26.7 Å². The maximum absolute atomic E-state index is 12.0. The minimum Gasteiger partial charge on any atom is -0.338 e. The summed E-state index contributed by atoms with van der Waals surface area (Å²) in [6, 6.07) is 10.4. The second-order valence-corrected chi connectivity index (χ2v) is 6.98. The van der Waals surface area contributed by atoms with Crippen LogP contribution in [0.5, 0.6) is 0 Å². The van der Waals surface area contributed by atoms with Crippen LogP contribution < -0.4 is 10.6 Å². The van der Waals surface area contributed by atoms with Gasteiger partial charge in [-0.05, 0) is 30.9 Å². The number of aromatic nitrogens is 3. The zero-order valence-corrected chi connectivity index (χ0v) is 15.4. The molecule has 0 radical (unpaired) electrons. The summed E-state index contributed by atoms with van der Waals surface area (Å²) in [6.07, 6.45) is 5.23. The van der Waals surface area contributed by atoms with Gasteiger partial charge in [0.2, 0.25) is 0 Å². The second-order valence-electron chi connectivity index (χ2n) is 6.98. The Balaban J connectivity index is 1.42. The molecule has 1 atom stereocenters. The molecule has 2 aromatic rings. The molecular formula is C19H28N6O. The molecule has 1 aliphatic rings. The molecule has 2 amide bonds. The topological polar surface area (TPSA) is 75.1 Å². The van der Waals surface area contributed by atoms with E-state index in [0.29, 0.717) is 24.8 Å². The summed E-state index contributed by atoms with van der Waals surface area (Å²) < 4.78 is 1.63. The van der Waals surface area contributed by atoms with E-state index in [0.717, 1.165) is 26.1 Å². The molecule has 1 aliphatic heterocycles. The summed E-state index contributed by atoms with van der Waals surface area (Å²) in [5.74, 6) is 1.10. The lowest BCUT2D eigenvalue weighted by Gasteiger charge is -2.24. The Hall–Kier alpha value is -2.41. The molecule has 2 heterocycles. The van der Waals surface area contributed by atoms with Gasteiger partial charge in [-0.3, -0.25) is 9.58 Å². The van der Waals surface area contributed by atoms with Crippen LogP contribution in [-0.2, 0) is 20.1 Å². The summed E-state index contributed by atoms with van der Waals surface area (Å²) in [6.45, 7) is 4.18. The van der Waals surface area contributed by atoms with Crippen molar-refractivity contribution in [1.29, 1.82) is 0 Å². The SMILES string of the molecule is Cn1cnc(CNC(=O)NCC2CCCCN(Cc3ccccc3)C2)n1. The molecule has 140 valence electrons. The fourth-order valence-corrected chi connectivity index (χ4v) is 3.39. The van der Waals surface area contributed by atoms with Gasteiger partial charge in [-0.15, -0.1) is 0 Å². The highest BCUT2D eigenvalue weighted by atomic mass is 16.2. The zero-order chi connectivity index (χ0) is 18.2. The molecule has 0 spiro atoms. The van der Waals surface area contributed by atoms with Crippen molar-refractivity contribution in [3.05, 3.63) is 48.0 Å². The van der Waals surface area contributed by atoms with Crippen LogP contribution in [0, 0.1) is 5.92 Å². The molecular weight excluding hydrogens is 328 g/mol. The van der Waals surface area contributed by atoms with Crippen molar-refractivity contribution in [3.8, 4) is 0 Å². The Labute approximate surface area is 154 Å². The standard InChI is InChI=1S/C19H28N6O/c1-24-15-22-18(23-24)12-21-19(26)20-11-17-9-5-6-10-25(14-17)13-16-7-3-2-4-8-16/h2-4,7-8,15,17H,5-6,9-14H2,1H3,(H2,20,21,26). The number of carbonyl (C=O) groups excluding carboxylic acids is 1. The average Bonchev–Trinajstić information content (AvgIpc) is 2.93. The molecule has 1 fully saturated rings. The minimum absolute atomic E-state index is 0.156. The van der Waals surface area contributed by atoms with Gasteiger partial charge in [-0.1, -0.05) is 36.8 Å². The molecule has 1 aromatic carbocycles. The summed E-state index contributed by atoms with van der Waals surface area (Å²) in [4.78, 5) is 18.6. The Kier molecular flexibility index (Phi) is 6.60. The smallest absolute Gasteiger partial charge is 0.315 e. The summed E-state index contributed by atoms with van der Waals surface area (Å²) >= 11 is 0. The maximum atomic E-state index is 12.0. The van der Waals surface area contributed by atoms with Crippen molar-refractivity contribution in [1.82, 2.24) is 30.3 Å². The van der Waals surface area contributed by atoms with Gasteiger partial charge in [0.1, 0.15) is 6.33 Å². The molecule has 7 nitrogen and oxygen atoms in total. The number of benzene rings is 1. The van der Waals surface area contributed by atoms with Crippen LogP contribution in [0.4, 0.5) is 4.79 Å². The van der Waals surface area contributed by atoms with E-state index in [2.05, 4.69) is 55.9 Å². The first-order valence-corrected chi connectivity index (χ1v) is 9.31. The highest BCUT2D eigenvalue weighted by Gasteiger charge is 2.19. The predicted molar refractivity (Wildman–Crippen MR) is 100 cm³/mol. The first kappa shape index (κ1) is 18.4. The Bertz CT molecular complexity index is 686. The Morgan fingerprint density at radius 1 is 1.23 bits per heavy atom. The number of hydrogen-bond acceptors (Lipinski definition) is 4. The number of likely N-dealkylation sites (tertiary alicyclic amines) is 1. The average molecular weight is 356 g/mol. The number of hydrogen-bond donors (Lipinski definition) is 2. The van der Waals surface area contributed by atoms with Crippen molar-refractivity contribution in [2.24, 2.45) is 13.0 Å². The quantitative estimate of drug-likeness (QED) is 0.829. The van der Waals surface area contributed by atoms with E-state index in [-0.39, 0.29) is 6.03 Å². The third-order valence-electron chi connectivity index (χ3n) is 4.71. The van der Waals surface area contributed by atoms with Gasteiger partial charge in [-0.2, -0.15) is 5.10 Å². The molecule has 0 aliphatic carbocycles. The van der Waals surface area contributed by atoms with Gasteiger partial charge in [0.15, 0.2) is 5.82 Å². The first-order valence-electron chi connectivity index (χ1n) is 9.31. The molecule has 1 unspecified atom stereocenters. The lowest BCUT2D eigenvalue weighted by Crippen LogP contribution is -2.40. The van der Waals surface area contributed by atoms with Crippen molar-refractivity contribution in [3.63, 3.8) is 0 Å². The number of carbonyl (C=O) groups is 1. The third-order valence-corrected chi connectivity index (χ3v) is 4.71. The summed E-state index contributed by atoms with van der Waals surface area (Å²) in [5, 5.41) is 9.97. The van der Waals surface area contributed by atoms with E-state index in [4.69, 9.17) is 0 Å². The van der Waals surface area contributed by atoms with E-state index in [1.165, 1.54) is 18.4 Å². The number of nitrogens with zero attached hydrogens (tertiary/aromatic N) is 4. The molecule has 2 N–H and O–H groups in total. The van der Waals surface area contributed by atoms with Crippen LogP contribution in [0.3, 0.4) is 0 Å². The number of urea groups is 1. The molecule has 7 heteroatoms. The van der Waals surface area contributed by atoms with Gasteiger partial charge < -0.3 is 10.6 Å². The van der Waals surface area contributed by atoms with E-state index < -0.39 is 0 Å². The molecule has 26 heavy (non-hydrogen) atoms. The van der Waals surface area contributed by atoms with Gasteiger partial charge in [0.25, 0.3) is 0 Å². The number of amides is 2. The van der Waals surface area contributed by atoms with Gasteiger partial charge >= 0.3 is 6.03 Å². The third kappa shape index (κ3) is 5.84. The molecule has 0 bridgehead atoms. The van der Waals surface area contributed by atoms with Crippen molar-refractivity contribution in [2.75, 3.05) is 19.6 Å². The van der Waals surface area contributed by atoms with Gasteiger partial charge in [0.05, 0.1) is 6.54 Å². The Morgan fingerprint density at radius 3 is 2.85 bits per heavy atom. The van der Waals surface area contributed by atoms with E-state index in [9.17, 15) is 4.79 Å². The molecule has 0 saturated carbocycles. The van der Waals surface area contributed by atoms with Crippen LogP contribution in [0.1, 0.15) is 30.7 Å². The Morgan fingerprint density at radius 2 is 2.08 bits per heavy atom. The molecule has 1 aromatic heterocycles. The lowest BCUT2D eigenvalue weighted by atomic mass is 10.0. The van der Waals surface area contributed by atoms with E-state index >= 15 is 0 Å². The van der Waals surface area contributed by atoms with Crippen LogP contribution in [0.25, 0.3) is 0 Å². The maximum Gasteiger partial charge on any atom is 0.315 e. The predicted octanol–water partition coefficient (Wildman–Crippen LogP) is 1.92. The van der Waals surface area contributed by atoms with Crippen LogP contribution in [-0.4, -0.2) is 45.3 Å². The van der Waals surface area contributed by atoms with E-state index in [1.54, 1.807) is 11.0 Å². The highest BCUT2D eigenvalue weighted by Crippen LogP contribution is 2.18. The number of aryl methyl sites for hydroxylation is 1. The second kappa shape index (κ2) is 9.33. The fraction of sp³-hybridized carbons (Fsp3) is 0.526. The van der Waals surface area contributed by atoms with Crippen molar-refractivity contribution >= 4 is 6.03 Å². The normalized spacial score (nSPS) is 18.3. The number of nitrogens with one attached hydrogen (secondary N) is 2. The van der Waals surface area contributed by atoms with E-state index in [1.807, 2.05) is 7.05 Å². The lowest BCUT2D eigenvalue weighted by molar-refractivity contribution is 0.224. The molecule has 3 rings (SSSR count). The fourth-order valence-electron chi connectivity index (χ4n) is 3.39. The van der Waals surface area contributed by atoms with Crippen molar-refractivity contribution < 1.29 is 4.79 Å². The number of rotatable bonds is 6. The zero-order valence-electron chi connectivity index (χ0n) is 15.4. The largest absolute Gasteiger partial charge is 0.338 e. The summed E-state index contributed by atoms with van der Waals surface area (Å²) in [7, 11) is 1.81. The first-order chi connectivity index (χ1) is 12.7. The minimum atomic E-state index is -0.156. The van der Waals surface area contributed by atoms with Crippen LogP contribution in [0.2, 0.25) is 0 Å². The molecule has 1 saturated heterocycles. The monoisotopic (exact) mass is 356 g/mol. The van der Waals surface area contributed by atoms with Gasteiger partial charge in [-0.25, -0.2) is 9.78 Å². The van der Waals surface area contributed by atoms with Crippen LogP contribution >= 0.6 is 0 Å². The van der Waals surface area contributed by atoms with Crippen molar-refractivity contribution in [2.45, 2.75) is 32.4 Å². The van der Waals surface area contributed by atoms with Crippen LogP contribution in [0.15, 0.2) is 36.7 Å². The summed E-state index contributed by atoms with van der Waals surface area (Å²) in [5.41, 5.74) is 1.35.